The van der Waals surface area contributed by atoms with Crippen LogP contribution in [-0.4, -0.2) is 63.5 Å². The summed E-state index contributed by atoms with van der Waals surface area (Å²) in [4.78, 5) is 15.0. The molecule has 12 heavy (non-hydrogen) atoms. The maximum absolute atomic E-state index is 11.2. The van der Waals surface area contributed by atoms with Gasteiger partial charge in [0, 0.05) is 20.1 Å². The predicted molar refractivity (Wildman–Crippen MR) is 50.1 cm³/mol. The first-order chi connectivity index (χ1) is 5.57. The van der Waals surface area contributed by atoms with Crippen LogP contribution in [0.4, 0.5) is 0 Å². The number of hydrogen-bond acceptors (Lipinski definition) is 3. The molecular formula is C8H19N3O. The van der Waals surface area contributed by atoms with E-state index < -0.39 is 0 Å². The summed E-state index contributed by atoms with van der Waals surface area (Å²) in [5.41, 5.74) is 0. The molecule has 0 aliphatic carbocycles. The molecule has 0 saturated carbocycles. The topological polar surface area (TPSA) is 35.6 Å². The van der Waals surface area contributed by atoms with Crippen molar-refractivity contribution in [3.05, 3.63) is 0 Å². The Balaban J connectivity index is 3.56. The maximum atomic E-state index is 11.2. The van der Waals surface area contributed by atoms with Crippen LogP contribution in [0.3, 0.4) is 0 Å². The minimum absolute atomic E-state index is 0.138. The fourth-order valence-corrected chi connectivity index (χ4v) is 0.761. The monoisotopic (exact) mass is 173 g/mol. The van der Waals surface area contributed by atoms with E-state index in [1.54, 1.807) is 11.9 Å². The van der Waals surface area contributed by atoms with Gasteiger partial charge in [0.2, 0.25) is 5.91 Å². The van der Waals surface area contributed by atoms with Gasteiger partial charge in [-0.2, -0.15) is 0 Å². The van der Waals surface area contributed by atoms with Crippen LogP contribution >= 0.6 is 0 Å². The number of likely N-dealkylation sites (N-methyl/N-ethyl adjacent to an activating group) is 3. The van der Waals surface area contributed by atoms with Crippen LogP contribution in [0.15, 0.2) is 0 Å². The highest BCUT2D eigenvalue weighted by Gasteiger charge is 2.06. The summed E-state index contributed by atoms with van der Waals surface area (Å²) < 4.78 is 0. The van der Waals surface area contributed by atoms with Crippen LogP contribution in [0.25, 0.3) is 0 Å². The van der Waals surface area contributed by atoms with Gasteiger partial charge in [-0.1, -0.05) is 0 Å². The highest BCUT2D eigenvalue weighted by molar-refractivity contribution is 5.77. The standard InChI is InChI=1S/C8H19N3O/c1-9-7-8(12)11(4)6-5-10(2)3/h9H,5-7H2,1-4H3. The zero-order valence-corrected chi connectivity index (χ0v) is 8.42. The smallest absolute Gasteiger partial charge is 0.236 e. The lowest BCUT2D eigenvalue weighted by Crippen LogP contribution is -2.38. The van der Waals surface area contributed by atoms with E-state index in [-0.39, 0.29) is 5.91 Å². The Kier molecular flexibility index (Phi) is 5.66. The third-order valence-corrected chi connectivity index (χ3v) is 1.64. The third kappa shape index (κ3) is 5.09. The Bertz CT molecular complexity index is 136. The van der Waals surface area contributed by atoms with E-state index in [4.69, 9.17) is 0 Å². The number of nitrogens with zero attached hydrogens (tertiary/aromatic N) is 2. The van der Waals surface area contributed by atoms with Gasteiger partial charge < -0.3 is 15.1 Å². The molecule has 0 radical (unpaired) electrons. The van der Waals surface area contributed by atoms with Crippen molar-refractivity contribution < 1.29 is 4.79 Å². The average molecular weight is 173 g/mol. The van der Waals surface area contributed by atoms with Crippen LogP contribution in [0.2, 0.25) is 0 Å². The molecule has 0 aromatic rings. The van der Waals surface area contributed by atoms with Gasteiger partial charge in [-0.3, -0.25) is 4.79 Å². The Morgan fingerprint density at radius 1 is 1.25 bits per heavy atom. The summed E-state index contributed by atoms with van der Waals surface area (Å²) in [6, 6.07) is 0. The first-order valence-corrected chi connectivity index (χ1v) is 4.11. The highest BCUT2D eigenvalue weighted by atomic mass is 16.2. The van der Waals surface area contributed by atoms with Gasteiger partial charge in [-0.25, -0.2) is 0 Å². The number of rotatable bonds is 5. The van der Waals surface area contributed by atoms with Gasteiger partial charge >= 0.3 is 0 Å². The second-order valence-electron chi connectivity index (χ2n) is 3.15. The van der Waals surface area contributed by atoms with Crippen LogP contribution in [0, 0.1) is 0 Å². The fraction of sp³-hybridized carbons (Fsp3) is 0.875. The molecule has 0 aromatic carbocycles. The predicted octanol–water partition coefficient (Wildman–Crippen LogP) is -0.774. The fourth-order valence-electron chi connectivity index (χ4n) is 0.761. The lowest BCUT2D eigenvalue weighted by Gasteiger charge is -2.19. The van der Waals surface area contributed by atoms with E-state index in [1.165, 1.54) is 0 Å². The van der Waals surface area contributed by atoms with E-state index in [0.717, 1.165) is 13.1 Å². The molecule has 0 unspecified atom stereocenters. The molecule has 0 fully saturated rings. The van der Waals surface area contributed by atoms with Crippen molar-refractivity contribution in [2.24, 2.45) is 0 Å². The molecule has 4 heteroatoms. The minimum Gasteiger partial charge on any atom is -0.343 e. The SMILES string of the molecule is CNCC(=O)N(C)CCN(C)C. The van der Waals surface area contributed by atoms with Crippen LogP contribution in [-0.2, 0) is 4.79 Å². The molecule has 0 spiro atoms. The average Bonchev–Trinajstić information content (AvgIpc) is 2.00. The first-order valence-electron chi connectivity index (χ1n) is 4.11. The molecule has 0 aromatic heterocycles. The largest absolute Gasteiger partial charge is 0.343 e. The second-order valence-corrected chi connectivity index (χ2v) is 3.15. The first kappa shape index (κ1) is 11.4. The Morgan fingerprint density at radius 2 is 1.83 bits per heavy atom. The molecule has 0 aliphatic rings. The van der Waals surface area contributed by atoms with E-state index in [2.05, 4.69) is 10.2 Å². The summed E-state index contributed by atoms with van der Waals surface area (Å²) in [6.45, 7) is 2.11. The number of amides is 1. The molecule has 0 aliphatic heterocycles. The van der Waals surface area contributed by atoms with Crippen molar-refractivity contribution >= 4 is 5.91 Å². The number of carbonyl (C=O) groups is 1. The van der Waals surface area contributed by atoms with Crippen molar-refractivity contribution in [3.8, 4) is 0 Å². The van der Waals surface area contributed by atoms with Gasteiger partial charge in [-0.15, -0.1) is 0 Å². The molecule has 0 bridgehead atoms. The molecule has 0 saturated heterocycles. The molecule has 4 nitrogen and oxygen atoms in total. The Hall–Kier alpha value is -0.610. The third-order valence-electron chi connectivity index (χ3n) is 1.64. The molecule has 72 valence electrons. The van der Waals surface area contributed by atoms with Gasteiger partial charge in [-0.05, 0) is 21.1 Å². The van der Waals surface area contributed by atoms with Crippen LogP contribution in [0.1, 0.15) is 0 Å². The van der Waals surface area contributed by atoms with E-state index >= 15 is 0 Å². The highest BCUT2D eigenvalue weighted by Crippen LogP contribution is 1.84. The summed E-state index contributed by atoms with van der Waals surface area (Å²) >= 11 is 0. The lowest BCUT2D eigenvalue weighted by molar-refractivity contribution is -0.128. The Labute approximate surface area is 74.5 Å². The molecule has 0 rings (SSSR count). The van der Waals surface area contributed by atoms with Crippen molar-refractivity contribution in [1.29, 1.82) is 0 Å². The van der Waals surface area contributed by atoms with Crippen molar-refractivity contribution in [2.75, 3.05) is 47.8 Å². The quantitative estimate of drug-likeness (QED) is 0.593. The van der Waals surface area contributed by atoms with Crippen molar-refractivity contribution in [3.63, 3.8) is 0 Å². The van der Waals surface area contributed by atoms with Crippen LogP contribution < -0.4 is 5.32 Å². The summed E-state index contributed by atoms with van der Waals surface area (Å²) in [5, 5.41) is 2.83. The number of nitrogens with one attached hydrogen (secondary N) is 1. The molecule has 0 heterocycles. The van der Waals surface area contributed by atoms with E-state index in [0.29, 0.717) is 6.54 Å². The molecule has 1 N–H and O–H groups in total. The van der Waals surface area contributed by atoms with Gasteiger partial charge in [0.1, 0.15) is 0 Å². The summed E-state index contributed by atoms with van der Waals surface area (Å²) in [6.07, 6.45) is 0. The van der Waals surface area contributed by atoms with Gasteiger partial charge in [0.15, 0.2) is 0 Å². The van der Waals surface area contributed by atoms with E-state index in [1.807, 2.05) is 21.1 Å². The molecule has 0 atom stereocenters. The van der Waals surface area contributed by atoms with Crippen molar-refractivity contribution in [1.82, 2.24) is 15.1 Å². The van der Waals surface area contributed by atoms with E-state index in [9.17, 15) is 4.79 Å². The zero-order valence-electron chi connectivity index (χ0n) is 8.42. The second kappa shape index (κ2) is 5.97. The Morgan fingerprint density at radius 3 is 2.25 bits per heavy atom. The number of carbonyl (C=O) groups excluding carboxylic acids is 1. The summed E-state index contributed by atoms with van der Waals surface area (Å²) in [5.74, 6) is 0.138. The lowest BCUT2D eigenvalue weighted by atomic mass is 10.4. The molecular weight excluding hydrogens is 154 g/mol. The summed E-state index contributed by atoms with van der Waals surface area (Å²) in [7, 11) is 7.59. The van der Waals surface area contributed by atoms with Gasteiger partial charge in [0.05, 0.1) is 6.54 Å². The minimum atomic E-state index is 0.138. The maximum Gasteiger partial charge on any atom is 0.236 e. The molecule has 1 amide bonds. The van der Waals surface area contributed by atoms with Gasteiger partial charge in [0.25, 0.3) is 0 Å². The van der Waals surface area contributed by atoms with Crippen LogP contribution in [0.5, 0.6) is 0 Å². The zero-order chi connectivity index (χ0) is 9.56. The normalized spacial score (nSPS) is 10.4. The van der Waals surface area contributed by atoms with Crippen molar-refractivity contribution in [2.45, 2.75) is 0 Å². The number of hydrogen-bond donors (Lipinski definition) is 1.